The van der Waals surface area contributed by atoms with E-state index in [1.54, 1.807) is 0 Å². The molecule has 2 aromatic carbocycles. The largest absolute Gasteiger partial charge is 0.489 e. The summed E-state index contributed by atoms with van der Waals surface area (Å²) in [4.78, 5) is -0.151. The van der Waals surface area contributed by atoms with Crippen molar-refractivity contribution in [1.82, 2.24) is 0 Å². The van der Waals surface area contributed by atoms with Gasteiger partial charge in [-0.3, -0.25) is 4.72 Å². The highest BCUT2D eigenvalue weighted by Gasteiger charge is 2.32. The predicted molar refractivity (Wildman–Crippen MR) is 91.1 cm³/mol. The third-order valence-corrected chi connectivity index (χ3v) is 4.85. The van der Waals surface area contributed by atoms with Crippen LogP contribution in [0.3, 0.4) is 0 Å². The highest BCUT2D eigenvalue weighted by Crippen LogP contribution is 2.36. The summed E-state index contributed by atoms with van der Waals surface area (Å²) in [6, 6.07) is 7.74. The van der Waals surface area contributed by atoms with E-state index in [1.165, 1.54) is 31.4 Å². The molecule has 0 spiro atoms. The van der Waals surface area contributed by atoms with E-state index in [-0.39, 0.29) is 29.5 Å². The summed E-state index contributed by atoms with van der Waals surface area (Å²) in [5.74, 6) is -0.0485. The van der Waals surface area contributed by atoms with Crippen molar-refractivity contribution in [3.05, 3.63) is 53.1 Å². The van der Waals surface area contributed by atoms with E-state index in [0.29, 0.717) is 11.1 Å². The lowest BCUT2D eigenvalue weighted by molar-refractivity contribution is -0.137. The summed E-state index contributed by atoms with van der Waals surface area (Å²) in [5.41, 5.74) is -1.34. The molecule has 0 bridgehead atoms. The van der Waals surface area contributed by atoms with E-state index in [9.17, 15) is 21.6 Å². The zero-order valence-electron chi connectivity index (χ0n) is 13.5. The second kappa shape index (κ2) is 8.15. The maximum absolute atomic E-state index is 13.0. The van der Waals surface area contributed by atoms with E-state index in [4.69, 9.17) is 21.1 Å². The van der Waals surface area contributed by atoms with Gasteiger partial charge in [0.1, 0.15) is 12.4 Å². The molecule has 0 radical (unpaired) electrons. The molecule has 0 aliphatic carbocycles. The van der Waals surface area contributed by atoms with E-state index in [1.807, 2.05) is 0 Å². The Bertz CT molecular complexity index is 855. The van der Waals surface area contributed by atoms with Gasteiger partial charge in [0.15, 0.2) is 0 Å². The zero-order valence-corrected chi connectivity index (χ0v) is 15.1. The second-order valence-electron chi connectivity index (χ2n) is 5.11. The number of methoxy groups -OCH3 is 1. The Morgan fingerprint density at radius 3 is 2.31 bits per heavy atom. The van der Waals surface area contributed by atoms with Crippen LogP contribution in [-0.4, -0.2) is 28.7 Å². The van der Waals surface area contributed by atoms with Gasteiger partial charge in [0.05, 0.1) is 22.8 Å². The van der Waals surface area contributed by atoms with Crippen LogP contribution in [0.2, 0.25) is 5.02 Å². The zero-order chi connectivity index (χ0) is 19.4. The summed E-state index contributed by atoms with van der Waals surface area (Å²) in [7, 11) is -2.70. The lowest BCUT2D eigenvalue weighted by Gasteiger charge is -2.16. The first-order chi connectivity index (χ1) is 12.1. The number of hydrogen-bond donors (Lipinski definition) is 1. The summed E-state index contributed by atoms with van der Waals surface area (Å²) >= 11 is 5.72. The fourth-order valence-electron chi connectivity index (χ4n) is 1.96. The molecule has 0 saturated carbocycles. The average Bonchev–Trinajstić information content (AvgIpc) is 2.55. The first kappa shape index (κ1) is 20.3. The van der Waals surface area contributed by atoms with Crippen molar-refractivity contribution < 1.29 is 31.1 Å². The van der Waals surface area contributed by atoms with Crippen molar-refractivity contribution in [3.63, 3.8) is 0 Å². The molecular weight excluding hydrogens is 395 g/mol. The van der Waals surface area contributed by atoms with Gasteiger partial charge >= 0.3 is 6.18 Å². The smallest absolute Gasteiger partial charge is 0.416 e. The Morgan fingerprint density at radius 2 is 1.73 bits per heavy atom. The van der Waals surface area contributed by atoms with Crippen LogP contribution in [0.5, 0.6) is 5.75 Å². The van der Waals surface area contributed by atoms with Crippen LogP contribution in [0.1, 0.15) is 5.56 Å². The Hall–Kier alpha value is -1.97. The number of alkyl halides is 3. The number of anilines is 1. The number of benzene rings is 2. The fourth-order valence-corrected chi connectivity index (χ4v) is 3.15. The third-order valence-electron chi connectivity index (χ3n) is 3.22. The number of ether oxygens (including phenoxy) is 2. The molecule has 1 N–H and O–H groups in total. The molecule has 0 heterocycles. The van der Waals surface area contributed by atoms with E-state index >= 15 is 0 Å². The molecule has 0 amide bonds. The standard InChI is InChI=1S/C16H15ClF3NO4S/c1-24-8-9-25-15-7-2-11(16(18,19)20)10-14(15)21-26(22,23)13-5-3-12(17)4-6-13/h2-7,10,21H,8-9H2,1H3. The summed E-state index contributed by atoms with van der Waals surface area (Å²) < 4.78 is 76.0. The molecule has 0 aliphatic rings. The lowest BCUT2D eigenvalue weighted by Crippen LogP contribution is -2.16. The normalized spacial score (nSPS) is 12.0. The Morgan fingerprint density at radius 1 is 1.08 bits per heavy atom. The molecule has 0 unspecified atom stereocenters. The molecule has 10 heteroatoms. The minimum absolute atomic E-state index is 0.0392. The van der Waals surface area contributed by atoms with Gasteiger partial charge in [-0.1, -0.05) is 11.6 Å². The molecule has 0 fully saturated rings. The number of rotatable bonds is 7. The van der Waals surface area contributed by atoms with E-state index in [0.717, 1.165) is 12.1 Å². The van der Waals surface area contributed by atoms with Gasteiger partial charge < -0.3 is 9.47 Å². The molecule has 0 aliphatic heterocycles. The first-order valence-corrected chi connectivity index (χ1v) is 9.11. The predicted octanol–water partition coefficient (Wildman–Crippen LogP) is 4.18. The molecule has 2 aromatic rings. The highest BCUT2D eigenvalue weighted by molar-refractivity contribution is 7.92. The number of hydrogen-bond acceptors (Lipinski definition) is 4. The summed E-state index contributed by atoms with van der Waals surface area (Å²) in [5, 5.41) is 0.326. The van der Waals surface area contributed by atoms with E-state index in [2.05, 4.69) is 4.72 Å². The summed E-state index contributed by atoms with van der Waals surface area (Å²) in [6.45, 7) is 0.224. The monoisotopic (exact) mass is 409 g/mol. The van der Waals surface area contributed by atoms with Crippen LogP contribution in [-0.2, 0) is 20.9 Å². The van der Waals surface area contributed by atoms with Crippen LogP contribution in [0.4, 0.5) is 18.9 Å². The first-order valence-electron chi connectivity index (χ1n) is 7.25. The minimum atomic E-state index is -4.63. The lowest BCUT2D eigenvalue weighted by atomic mass is 10.2. The quantitative estimate of drug-likeness (QED) is 0.696. The fraction of sp³-hybridized carbons (Fsp3) is 0.250. The Balaban J connectivity index is 2.38. The van der Waals surface area contributed by atoms with Gasteiger partial charge in [-0.15, -0.1) is 0 Å². The maximum Gasteiger partial charge on any atom is 0.416 e. The minimum Gasteiger partial charge on any atom is -0.489 e. The molecule has 26 heavy (non-hydrogen) atoms. The average molecular weight is 410 g/mol. The van der Waals surface area contributed by atoms with Crippen molar-refractivity contribution >= 4 is 27.3 Å². The van der Waals surface area contributed by atoms with Crippen LogP contribution in [0, 0.1) is 0 Å². The van der Waals surface area contributed by atoms with Gasteiger partial charge in [-0.25, -0.2) is 8.42 Å². The van der Waals surface area contributed by atoms with Crippen LogP contribution >= 0.6 is 11.6 Å². The second-order valence-corrected chi connectivity index (χ2v) is 7.23. The van der Waals surface area contributed by atoms with Crippen LogP contribution in [0.25, 0.3) is 0 Å². The molecule has 142 valence electrons. The highest BCUT2D eigenvalue weighted by atomic mass is 35.5. The van der Waals surface area contributed by atoms with Crippen molar-refractivity contribution in [1.29, 1.82) is 0 Å². The van der Waals surface area contributed by atoms with Crippen molar-refractivity contribution in [2.45, 2.75) is 11.1 Å². The van der Waals surface area contributed by atoms with Gasteiger partial charge in [-0.05, 0) is 42.5 Å². The summed E-state index contributed by atoms with van der Waals surface area (Å²) in [6.07, 6.45) is -4.63. The molecule has 0 atom stereocenters. The maximum atomic E-state index is 13.0. The van der Waals surface area contributed by atoms with Crippen molar-refractivity contribution in [3.8, 4) is 5.75 Å². The topological polar surface area (TPSA) is 64.6 Å². The Kier molecular flexibility index (Phi) is 6.38. The molecule has 0 saturated heterocycles. The van der Waals surface area contributed by atoms with Crippen molar-refractivity contribution in [2.24, 2.45) is 0 Å². The van der Waals surface area contributed by atoms with Crippen molar-refractivity contribution in [2.75, 3.05) is 25.0 Å². The van der Waals surface area contributed by atoms with Crippen LogP contribution in [0.15, 0.2) is 47.4 Å². The number of sulfonamides is 1. The molecular formula is C16H15ClF3NO4S. The van der Waals surface area contributed by atoms with E-state index < -0.39 is 21.8 Å². The van der Waals surface area contributed by atoms with Gasteiger partial charge in [0.25, 0.3) is 10.0 Å². The Labute approximate surface area is 153 Å². The van der Waals surface area contributed by atoms with Gasteiger partial charge in [0.2, 0.25) is 0 Å². The van der Waals surface area contributed by atoms with Gasteiger partial charge in [-0.2, -0.15) is 13.2 Å². The number of halogens is 4. The number of nitrogens with one attached hydrogen (secondary N) is 1. The molecule has 5 nitrogen and oxygen atoms in total. The molecule has 0 aromatic heterocycles. The SMILES string of the molecule is COCCOc1ccc(C(F)(F)F)cc1NS(=O)(=O)c1ccc(Cl)cc1. The molecule has 2 rings (SSSR count). The third kappa shape index (κ3) is 5.26. The van der Waals surface area contributed by atoms with Crippen LogP contribution < -0.4 is 9.46 Å². The van der Waals surface area contributed by atoms with Gasteiger partial charge in [0, 0.05) is 12.1 Å².